The van der Waals surface area contributed by atoms with E-state index in [1.54, 1.807) is 44.4 Å². The Balaban J connectivity index is 1.63. The van der Waals surface area contributed by atoms with Gasteiger partial charge in [-0.1, -0.05) is 25.0 Å². The number of sulfonamides is 1. The molecule has 1 atom stereocenters. The average molecular weight is 560 g/mol. The van der Waals surface area contributed by atoms with Gasteiger partial charge in [0.1, 0.15) is 31.5 Å². The molecule has 0 bridgehead atoms. The van der Waals surface area contributed by atoms with Crippen LogP contribution in [0, 0.1) is 0 Å². The van der Waals surface area contributed by atoms with Gasteiger partial charge in [-0.05, 0) is 56.5 Å². The van der Waals surface area contributed by atoms with Crippen molar-refractivity contribution in [2.75, 3.05) is 36.9 Å². The Kier molecular flexibility index (Phi) is 9.21. The Morgan fingerprint density at radius 3 is 2.49 bits per heavy atom. The van der Waals surface area contributed by atoms with Crippen LogP contribution in [0.3, 0.4) is 0 Å². The molecule has 212 valence electrons. The maximum absolute atomic E-state index is 13.9. The molecule has 0 saturated heterocycles. The second-order valence-electron chi connectivity index (χ2n) is 9.77. The number of hydrogen-bond acceptors (Lipinski definition) is 7. The lowest BCUT2D eigenvalue weighted by atomic mass is 10.1. The molecular formula is C28H37N3O7S. The number of fused-ring (bicyclic) bond motifs is 1. The third-order valence-corrected chi connectivity index (χ3v) is 8.89. The van der Waals surface area contributed by atoms with Gasteiger partial charge in [-0.3, -0.25) is 13.9 Å². The highest BCUT2D eigenvalue weighted by Gasteiger charge is 2.32. The lowest BCUT2D eigenvalue weighted by Gasteiger charge is -2.32. The van der Waals surface area contributed by atoms with E-state index in [4.69, 9.17) is 14.2 Å². The van der Waals surface area contributed by atoms with E-state index < -0.39 is 28.5 Å². The van der Waals surface area contributed by atoms with Crippen molar-refractivity contribution in [2.24, 2.45) is 0 Å². The second kappa shape index (κ2) is 12.6. The summed E-state index contributed by atoms with van der Waals surface area (Å²) in [6, 6.07) is 11.3. The maximum atomic E-state index is 13.9. The van der Waals surface area contributed by atoms with Crippen molar-refractivity contribution in [3.8, 4) is 17.2 Å². The van der Waals surface area contributed by atoms with E-state index in [0.717, 1.165) is 35.6 Å². The minimum Gasteiger partial charge on any atom is -0.497 e. The Hall–Kier alpha value is -3.47. The summed E-state index contributed by atoms with van der Waals surface area (Å²) >= 11 is 0. The van der Waals surface area contributed by atoms with Crippen LogP contribution >= 0.6 is 0 Å². The fourth-order valence-electron chi connectivity index (χ4n) is 4.85. The van der Waals surface area contributed by atoms with E-state index >= 15 is 0 Å². The summed E-state index contributed by atoms with van der Waals surface area (Å²) in [4.78, 5) is 28.5. The SMILES string of the molecule is CCS(=O)(=O)N(CC(=O)N(Cc1cccc(OC)c1)[C@@H](C)C(=O)NC1CCCC1)c1ccc2c(c1)OCCO2. The molecule has 1 heterocycles. The fraction of sp³-hybridized carbons (Fsp3) is 0.500. The molecule has 10 nitrogen and oxygen atoms in total. The highest BCUT2D eigenvalue weighted by atomic mass is 32.2. The first-order valence-electron chi connectivity index (χ1n) is 13.3. The van der Waals surface area contributed by atoms with Gasteiger partial charge in [0.25, 0.3) is 0 Å². The minimum absolute atomic E-state index is 0.0865. The van der Waals surface area contributed by atoms with Crippen LogP contribution in [0.5, 0.6) is 17.2 Å². The number of carbonyl (C=O) groups is 2. The van der Waals surface area contributed by atoms with Crippen molar-refractivity contribution in [1.82, 2.24) is 10.2 Å². The number of anilines is 1. The third kappa shape index (κ3) is 6.95. The van der Waals surface area contributed by atoms with Crippen LogP contribution in [-0.2, 0) is 26.2 Å². The molecule has 0 radical (unpaired) electrons. The van der Waals surface area contributed by atoms with Crippen molar-refractivity contribution in [3.63, 3.8) is 0 Å². The molecular weight excluding hydrogens is 522 g/mol. The van der Waals surface area contributed by atoms with Gasteiger partial charge in [-0.2, -0.15) is 0 Å². The summed E-state index contributed by atoms with van der Waals surface area (Å²) in [7, 11) is -2.29. The molecule has 2 aromatic carbocycles. The minimum atomic E-state index is -3.85. The van der Waals surface area contributed by atoms with Gasteiger partial charge in [0.2, 0.25) is 21.8 Å². The van der Waals surface area contributed by atoms with E-state index in [9.17, 15) is 18.0 Å². The number of methoxy groups -OCH3 is 1. The molecule has 1 aliphatic carbocycles. The quantitative estimate of drug-likeness (QED) is 0.450. The molecule has 0 spiro atoms. The zero-order chi connectivity index (χ0) is 28.0. The van der Waals surface area contributed by atoms with E-state index in [1.165, 1.54) is 11.8 Å². The number of hydrogen-bond donors (Lipinski definition) is 1. The largest absolute Gasteiger partial charge is 0.497 e. The summed E-state index contributed by atoms with van der Waals surface area (Å²) < 4.78 is 44.0. The monoisotopic (exact) mass is 559 g/mol. The van der Waals surface area contributed by atoms with E-state index in [2.05, 4.69) is 5.32 Å². The molecule has 2 amide bonds. The van der Waals surface area contributed by atoms with Crippen molar-refractivity contribution >= 4 is 27.5 Å². The molecule has 2 aliphatic rings. The Morgan fingerprint density at radius 1 is 1.08 bits per heavy atom. The Bertz CT molecular complexity index is 1280. The van der Waals surface area contributed by atoms with Crippen molar-refractivity contribution in [2.45, 2.75) is 58.2 Å². The van der Waals surface area contributed by atoms with Crippen molar-refractivity contribution < 1.29 is 32.2 Å². The van der Waals surface area contributed by atoms with Gasteiger partial charge in [0, 0.05) is 18.7 Å². The number of rotatable bonds is 11. The smallest absolute Gasteiger partial charge is 0.244 e. The second-order valence-corrected chi connectivity index (χ2v) is 12.0. The van der Waals surface area contributed by atoms with Gasteiger partial charge < -0.3 is 24.4 Å². The van der Waals surface area contributed by atoms with E-state index in [-0.39, 0.29) is 24.2 Å². The first kappa shape index (κ1) is 28.5. The number of nitrogens with one attached hydrogen (secondary N) is 1. The Morgan fingerprint density at radius 2 is 1.79 bits per heavy atom. The van der Waals surface area contributed by atoms with Crippen molar-refractivity contribution in [3.05, 3.63) is 48.0 Å². The summed E-state index contributed by atoms with van der Waals surface area (Å²) in [5.41, 5.74) is 1.05. The topological polar surface area (TPSA) is 114 Å². The number of amides is 2. The molecule has 1 saturated carbocycles. The highest BCUT2D eigenvalue weighted by Crippen LogP contribution is 2.35. The fourth-order valence-corrected chi connectivity index (χ4v) is 5.90. The number of ether oxygens (including phenoxy) is 3. The number of nitrogens with zero attached hydrogens (tertiary/aromatic N) is 2. The third-order valence-electron chi connectivity index (χ3n) is 7.15. The highest BCUT2D eigenvalue weighted by molar-refractivity contribution is 7.92. The predicted octanol–water partition coefficient (Wildman–Crippen LogP) is 3.10. The zero-order valence-corrected chi connectivity index (χ0v) is 23.5. The van der Waals surface area contributed by atoms with Crippen LogP contribution in [0.15, 0.2) is 42.5 Å². The maximum Gasteiger partial charge on any atom is 0.244 e. The van der Waals surface area contributed by atoms with Crippen LogP contribution in [0.2, 0.25) is 0 Å². The van der Waals surface area contributed by atoms with E-state index in [1.807, 2.05) is 12.1 Å². The van der Waals surface area contributed by atoms with Gasteiger partial charge >= 0.3 is 0 Å². The van der Waals surface area contributed by atoms with Gasteiger partial charge in [-0.25, -0.2) is 8.42 Å². The lowest BCUT2D eigenvalue weighted by molar-refractivity contribution is -0.139. The van der Waals surface area contributed by atoms with Gasteiger partial charge in [-0.15, -0.1) is 0 Å². The molecule has 1 N–H and O–H groups in total. The molecule has 1 fully saturated rings. The molecule has 0 aromatic heterocycles. The molecule has 0 unspecified atom stereocenters. The normalized spacial score (nSPS) is 15.9. The van der Waals surface area contributed by atoms with Crippen LogP contribution < -0.4 is 23.8 Å². The van der Waals surface area contributed by atoms with Crippen LogP contribution in [0.4, 0.5) is 5.69 Å². The molecule has 4 rings (SSSR count). The lowest BCUT2D eigenvalue weighted by Crippen LogP contribution is -2.52. The molecule has 39 heavy (non-hydrogen) atoms. The first-order valence-corrected chi connectivity index (χ1v) is 15.0. The molecule has 1 aliphatic heterocycles. The Labute approximate surface area is 230 Å². The summed E-state index contributed by atoms with van der Waals surface area (Å²) in [5, 5.41) is 3.06. The molecule has 2 aromatic rings. The summed E-state index contributed by atoms with van der Waals surface area (Å²) in [6.07, 6.45) is 3.94. The van der Waals surface area contributed by atoms with Gasteiger partial charge in [0.15, 0.2) is 11.5 Å². The van der Waals surface area contributed by atoms with Crippen molar-refractivity contribution in [1.29, 1.82) is 0 Å². The summed E-state index contributed by atoms with van der Waals surface area (Å²) in [5.74, 6) is 0.583. The van der Waals surface area contributed by atoms with Crippen LogP contribution in [0.25, 0.3) is 0 Å². The number of benzene rings is 2. The van der Waals surface area contributed by atoms with E-state index in [0.29, 0.717) is 36.1 Å². The van der Waals surface area contributed by atoms with Crippen LogP contribution in [-0.4, -0.2) is 69.8 Å². The average Bonchev–Trinajstić information content (AvgIpc) is 3.47. The predicted molar refractivity (Wildman–Crippen MR) is 148 cm³/mol. The zero-order valence-electron chi connectivity index (χ0n) is 22.7. The number of carbonyl (C=O) groups excluding carboxylic acids is 2. The first-order chi connectivity index (χ1) is 18.7. The van der Waals surface area contributed by atoms with Crippen LogP contribution in [0.1, 0.15) is 45.1 Å². The molecule has 11 heteroatoms. The van der Waals surface area contributed by atoms with Gasteiger partial charge in [0.05, 0.1) is 18.6 Å². The summed E-state index contributed by atoms with van der Waals surface area (Å²) in [6.45, 7) is 3.58. The standard InChI is InChI=1S/C28H37N3O7S/c1-4-39(34,35)31(23-12-13-25-26(17-23)38-15-14-37-25)19-27(32)30(18-21-8-7-11-24(16-21)36-3)20(2)28(33)29-22-9-5-6-10-22/h7-8,11-13,16-17,20,22H,4-6,9-10,14-15,18-19H2,1-3H3,(H,29,33)/t20-/m0/s1.